The van der Waals surface area contributed by atoms with Crippen LogP contribution in [0.1, 0.15) is 37.7 Å². The highest BCUT2D eigenvalue weighted by Gasteiger charge is 2.53. The van der Waals surface area contributed by atoms with Crippen LogP contribution in [0.15, 0.2) is 24.3 Å². The lowest BCUT2D eigenvalue weighted by Gasteiger charge is -2.32. The number of hydrogen-bond acceptors (Lipinski definition) is 2. The summed E-state index contributed by atoms with van der Waals surface area (Å²) < 4.78 is 0. The smallest absolute Gasteiger partial charge is 0.115 e. The largest absolute Gasteiger partial charge is 0.508 e. The number of nitrogens with one attached hydrogen (secondary N) is 1. The molecule has 3 saturated carbocycles. The molecule has 2 N–H and O–H groups in total. The third kappa shape index (κ3) is 1.97. The van der Waals surface area contributed by atoms with Crippen LogP contribution in [0.25, 0.3) is 0 Å². The Morgan fingerprint density at radius 3 is 2.89 bits per heavy atom. The van der Waals surface area contributed by atoms with Crippen molar-refractivity contribution in [3.05, 3.63) is 29.8 Å². The molecule has 0 radical (unpaired) electrons. The first-order chi connectivity index (χ1) is 9.31. The summed E-state index contributed by atoms with van der Waals surface area (Å²) in [6.45, 7) is 0.902. The van der Waals surface area contributed by atoms with Crippen LogP contribution in [0.3, 0.4) is 0 Å². The minimum atomic E-state index is 0.378. The fourth-order valence-corrected chi connectivity index (χ4v) is 5.22. The molecular formula is C17H23NO. The van der Waals surface area contributed by atoms with Gasteiger partial charge in [-0.25, -0.2) is 0 Å². The summed E-state index contributed by atoms with van der Waals surface area (Å²) in [4.78, 5) is 0. The fraction of sp³-hybridized carbons (Fsp3) is 0.647. The molecule has 0 saturated heterocycles. The first-order valence-corrected chi connectivity index (χ1v) is 7.82. The van der Waals surface area contributed by atoms with Gasteiger partial charge in [0.15, 0.2) is 0 Å². The van der Waals surface area contributed by atoms with Crippen molar-refractivity contribution in [3.8, 4) is 5.75 Å². The van der Waals surface area contributed by atoms with Crippen molar-refractivity contribution in [1.29, 1.82) is 0 Å². The number of phenols is 1. The van der Waals surface area contributed by atoms with Gasteiger partial charge in [0.25, 0.3) is 0 Å². The second-order valence-corrected chi connectivity index (χ2v) is 6.81. The van der Waals surface area contributed by atoms with E-state index in [1.807, 2.05) is 12.1 Å². The van der Waals surface area contributed by atoms with E-state index in [0.717, 1.165) is 36.3 Å². The lowest BCUT2D eigenvalue weighted by Crippen LogP contribution is -2.38. The molecule has 102 valence electrons. The predicted octanol–water partition coefficient (Wildman–Crippen LogP) is 3.31. The second-order valence-electron chi connectivity index (χ2n) is 6.81. The van der Waals surface area contributed by atoms with Crippen molar-refractivity contribution in [1.82, 2.24) is 5.32 Å². The number of fused-ring (bicyclic) bond motifs is 5. The summed E-state index contributed by atoms with van der Waals surface area (Å²) in [5.41, 5.74) is 1.20. The van der Waals surface area contributed by atoms with Crippen LogP contribution in [0.4, 0.5) is 0 Å². The summed E-state index contributed by atoms with van der Waals surface area (Å²) in [5.74, 6) is 4.43. The van der Waals surface area contributed by atoms with Gasteiger partial charge >= 0.3 is 0 Å². The molecule has 3 fully saturated rings. The second kappa shape index (κ2) is 4.52. The highest BCUT2D eigenvalue weighted by Crippen LogP contribution is 2.58. The van der Waals surface area contributed by atoms with E-state index in [2.05, 4.69) is 11.4 Å². The first kappa shape index (κ1) is 11.8. The zero-order chi connectivity index (χ0) is 12.8. The van der Waals surface area contributed by atoms with Gasteiger partial charge in [-0.3, -0.25) is 0 Å². The van der Waals surface area contributed by atoms with Crippen LogP contribution in [0.5, 0.6) is 5.75 Å². The minimum absolute atomic E-state index is 0.378. The standard InChI is InChI=1S/C17H23NO/c19-13-4-1-3-11(7-13)10-18-17-9-12-8-16(17)15-6-2-5-14(12)15/h1,3-4,7,12,14-19H,2,5-6,8-10H2. The molecule has 0 spiro atoms. The topological polar surface area (TPSA) is 32.3 Å². The maximum absolute atomic E-state index is 9.51. The van der Waals surface area contributed by atoms with Crippen LogP contribution in [0.2, 0.25) is 0 Å². The Hall–Kier alpha value is -1.02. The van der Waals surface area contributed by atoms with Gasteiger partial charge in [-0.15, -0.1) is 0 Å². The Morgan fingerprint density at radius 2 is 2.00 bits per heavy atom. The van der Waals surface area contributed by atoms with Crippen molar-refractivity contribution in [3.63, 3.8) is 0 Å². The molecule has 2 heteroatoms. The minimum Gasteiger partial charge on any atom is -0.508 e. The van der Waals surface area contributed by atoms with Gasteiger partial charge in [-0.05, 0) is 67.1 Å². The number of rotatable bonds is 3. The number of hydrogen-bond donors (Lipinski definition) is 2. The number of phenolic OH excluding ortho intramolecular Hbond substituents is 1. The normalized spacial score (nSPS) is 39.7. The molecule has 2 bridgehead atoms. The lowest BCUT2D eigenvalue weighted by molar-refractivity contribution is 0.208. The average Bonchev–Trinajstić information content (AvgIpc) is 3.08. The first-order valence-electron chi connectivity index (χ1n) is 7.82. The highest BCUT2D eigenvalue weighted by atomic mass is 16.3. The molecule has 0 heterocycles. The third-order valence-corrected chi connectivity index (χ3v) is 5.91. The Balaban J connectivity index is 1.40. The Kier molecular flexibility index (Phi) is 2.80. The van der Waals surface area contributed by atoms with E-state index >= 15 is 0 Å². The van der Waals surface area contributed by atoms with E-state index < -0.39 is 0 Å². The molecule has 19 heavy (non-hydrogen) atoms. The summed E-state index contributed by atoms with van der Waals surface area (Å²) >= 11 is 0. The zero-order valence-corrected chi connectivity index (χ0v) is 11.4. The van der Waals surface area contributed by atoms with Gasteiger partial charge in [0.1, 0.15) is 5.75 Å². The maximum Gasteiger partial charge on any atom is 0.115 e. The van der Waals surface area contributed by atoms with Gasteiger partial charge in [-0.2, -0.15) is 0 Å². The summed E-state index contributed by atoms with van der Waals surface area (Å²) in [6.07, 6.45) is 7.33. The molecule has 4 rings (SSSR count). The van der Waals surface area contributed by atoms with Gasteiger partial charge in [0.2, 0.25) is 0 Å². The fourth-order valence-electron chi connectivity index (χ4n) is 5.22. The van der Waals surface area contributed by atoms with Crippen molar-refractivity contribution in [2.24, 2.45) is 23.7 Å². The summed E-state index contributed by atoms with van der Waals surface area (Å²) in [7, 11) is 0. The maximum atomic E-state index is 9.51. The molecule has 0 amide bonds. The van der Waals surface area contributed by atoms with Gasteiger partial charge < -0.3 is 10.4 Å². The molecule has 1 aromatic rings. The van der Waals surface area contributed by atoms with E-state index in [4.69, 9.17) is 0 Å². The quantitative estimate of drug-likeness (QED) is 0.870. The Labute approximate surface area is 115 Å². The molecule has 2 nitrogen and oxygen atoms in total. The van der Waals surface area contributed by atoms with Crippen molar-refractivity contribution < 1.29 is 5.11 Å². The molecule has 0 aromatic heterocycles. The molecular weight excluding hydrogens is 234 g/mol. The van der Waals surface area contributed by atoms with Crippen LogP contribution in [-0.4, -0.2) is 11.1 Å². The summed E-state index contributed by atoms with van der Waals surface area (Å²) in [6, 6.07) is 8.37. The van der Waals surface area contributed by atoms with E-state index in [1.165, 1.54) is 37.7 Å². The van der Waals surface area contributed by atoms with Crippen molar-refractivity contribution in [2.45, 2.75) is 44.7 Å². The molecule has 5 atom stereocenters. The highest BCUT2D eigenvalue weighted by molar-refractivity contribution is 5.27. The van der Waals surface area contributed by atoms with E-state index in [0.29, 0.717) is 5.75 Å². The lowest BCUT2D eigenvalue weighted by atomic mass is 9.79. The van der Waals surface area contributed by atoms with Crippen molar-refractivity contribution >= 4 is 0 Å². The van der Waals surface area contributed by atoms with Gasteiger partial charge in [-0.1, -0.05) is 18.6 Å². The zero-order valence-electron chi connectivity index (χ0n) is 11.4. The third-order valence-electron chi connectivity index (χ3n) is 5.91. The van der Waals surface area contributed by atoms with Crippen LogP contribution >= 0.6 is 0 Å². The molecule has 5 unspecified atom stereocenters. The van der Waals surface area contributed by atoms with Gasteiger partial charge in [0.05, 0.1) is 0 Å². The van der Waals surface area contributed by atoms with Crippen LogP contribution in [-0.2, 0) is 6.54 Å². The van der Waals surface area contributed by atoms with E-state index in [9.17, 15) is 5.11 Å². The molecule has 1 aromatic carbocycles. The van der Waals surface area contributed by atoms with Crippen LogP contribution < -0.4 is 5.32 Å². The molecule has 0 aliphatic heterocycles. The predicted molar refractivity (Wildman–Crippen MR) is 75.8 cm³/mol. The number of benzene rings is 1. The Bertz CT molecular complexity index is 472. The Morgan fingerprint density at radius 1 is 1.11 bits per heavy atom. The van der Waals surface area contributed by atoms with E-state index in [-0.39, 0.29) is 0 Å². The van der Waals surface area contributed by atoms with E-state index in [1.54, 1.807) is 6.07 Å². The average molecular weight is 257 g/mol. The number of aromatic hydroxyl groups is 1. The van der Waals surface area contributed by atoms with Crippen LogP contribution in [0, 0.1) is 23.7 Å². The summed E-state index contributed by atoms with van der Waals surface area (Å²) in [5, 5.41) is 13.3. The molecule has 3 aliphatic rings. The SMILES string of the molecule is Oc1cccc(CNC2CC3CC2C2CCCC32)c1. The molecule has 3 aliphatic carbocycles. The monoisotopic (exact) mass is 257 g/mol. The van der Waals surface area contributed by atoms with Crippen molar-refractivity contribution in [2.75, 3.05) is 0 Å². The van der Waals surface area contributed by atoms with Gasteiger partial charge in [0, 0.05) is 12.6 Å².